The molecule has 1 atom stereocenters. The van der Waals surface area contributed by atoms with Crippen molar-refractivity contribution in [2.24, 2.45) is 0 Å². The van der Waals surface area contributed by atoms with E-state index in [-0.39, 0.29) is 17.9 Å². The largest absolute Gasteiger partial charge is 0.441 e. The van der Waals surface area contributed by atoms with Crippen LogP contribution in [0.5, 0.6) is 0 Å². The Morgan fingerprint density at radius 1 is 1.28 bits per heavy atom. The van der Waals surface area contributed by atoms with E-state index in [2.05, 4.69) is 10.3 Å². The van der Waals surface area contributed by atoms with E-state index in [0.29, 0.717) is 31.8 Å². The standard InChI is InChI=1S/C22H28N4O3/c1-16-4-6-17(7-5-16)19-13-24-20(29-19)8-9-21(27)25-11-2-3-18(15-25)26-12-10-23-14-22(26)28/h4-7,13,18,23H,2-3,8-12,14-15H2,1H3. The van der Waals surface area contributed by atoms with Gasteiger partial charge < -0.3 is 19.5 Å². The lowest BCUT2D eigenvalue weighted by molar-refractivity contribution is -0.140. The molecule has 154 valence electrons. The average molecular weight is 396 g/mol. The summed E-state index contributed by atoms with van der Waals surface area (Å²) >= 11 is 0. The molecule has 29 heavy (non-hydrogen) atoms. The molecule has 2 amide bonds. The summed E-state index contributed by atoms with van der Waals surface area (Å²) in [7, 11) is 0. The molecule has 3 heterocycles. The summed E-state index contributed by atoms with van der Waals surface area (Å²) < 4.78 is 5.84. The maximum Gasteiger partial charge on any atom is 0.236 e. The molecule has 1 N–H and O–H groups in total. The average Bonchev–Trinajstić information content (AvgIpc) is 3.22. The molecule has 7 heteroatoms. The van der Waals surface area contributed by atoms with Crippen LogP contribution in [0.3, 0.4) is 0 Å². The number of piperidine rings is 1. The molecule has 1 unspecified atom stereocenters. The van der Waals surface area contributed by atoms with Crippen molar-refractivity contribution in [3.8, 4) is 11.3 Å². The zero-order valence-electron chi connectivity index (χ0n) is 16.9. The number of amides is 2. The van der Waals surface area contributed by atoms with Crippen LogP contribution in [0.25, 0.3) is 11.3 Å². The van der Waals surface area contributed by atoms with Crippen LogP contribution in [0, 0.1) is 6.92 Å². The monoisotopic (exact) mass is 396 g/mol. The van der Waals surface area contributed by atoms with Gasteiger partial charge in [-0.1, -0.05) is 29.8 Å². The third-order valence-electron chi connectivity index (χ3n) is 5.76. The molecule has 0 saturated carbocycles. The zero-order chi connectivity index (χ0) is 20.2. The number of benzene rings is 1. The van der Waals surface area contributed by atoms with Crippen LogP contribution >= 0.6 is 0 Å². The highest BCUT2D eigenvalue weighted by atomic mass is 16.4. The van der Waals surface area contributed by atoms with Crippen molar-refractivity contribution in [1.29, 1.82) is 0 Å². The maximum atomic E-state index is 12.7. The summed E-state index contributed by atoms with van der Waals surface area (Å²) in [4.78, 5) is 33.1. The molecular formula is C22H28N4O3. The number of aryl methyl sites for hydroxylation is 2. The molecular weight excluding hydrogens is 368 g/mol. The van der Waals surface area contributed by atoms with Gasteiger partial charge in [-0.05, 0) is 19.8 Å². The fraction of sp³-hybridized carbons (Fsp3) is 0.500. The molecule has 0 radical (unpaired) electrons. The molecule has 0 bridgehead atoms. The molecule has 1 aromatic carbocycles. The minimum atomic E-state index is 0.104. The van der Waals surface area contributed by atoms with E-state index < -0.39 is 0 Å². The summed E-state index contributed by atoms with van der Waals surface area (Å²) in [5.41, 5.74) is 2.18. The molecule has 2 fully saturated rings. The summed E-state index contributed by atoms with van der Waals surface area (Å²) in [5, 5.41) is 3.10. The lowest BCUT2D eigenvalue weighted by Gasteiger charge is -2.41. The van der Waals surface area contributed by atoms with Crippen LogP contribution in [0.4, 0.5) is 0 Å². The highest BCUT2D eigenvalue weighted by Crippen LogP contribution is 2.22. The third kappa shape index (κ3) is 4.67. The van der Waals surface area contributed by atoms with E-state index in [1.165, 1.54) is 5.56 Å². The Bertz CT molecular complexity index is 861. The minimum Gasteiger partial charge on any atom is -0.441 e. The highest BCUT2D eigenvalue weighted by molar-refractivity contribution is 5.80. The van der Waals surface area contributed by atoms with Gasteiger partial charge in [0, 0.05) is 50.6 Å². The number of carbonyl (C=O) groups is 2. The Morgan fingerprint density at radius 2 is 2.10 bits per heavy atom. The first-order valence-corrected chi connectivity index (χ1v) is 10.4. The van der Waals surface area contributed by atoms with Crippen molar-refractivity contribution in [2.75, 3.05) is 32.7 Å². The van der Waals surface area contributed by atoms with Gasteiger partial charge in [-0.2, -0.15) is 0 Å². The van der Waals surface area contributed by atoms with E-state index in [1.54, 1.807) is 6.20 Å². The van der Waals surface area contributed by atoms with Crippen molar-refractivity contribution in [3.05, 3.63) is 41.9 Å². The number of nitrogens with zero attached hydrogens (tertiary/aromatic N) is 3. The van der Waals surface area contributed by atoms with Gasteiger partial charge in [0.25, 0.3) is 0 Å². The van der Waals surface area contributed by atoms with Crippen molar-refractivity contribution >= 4 is 11.8 Å². The van der Waals surface area contributed by atoms with Crippen LogP contribution in [0.2, 0.25) is 0 Å². The first kappa shape index (κ1) is 19.6. The molecule has 2 aromatic rings. The normalized spacial score (nSPS) is 20.2. The fourth-order valence-electron chi connectivity index (χ4n) is 4.09. The quantitative estimate of drug-likeness (QED) is 0.836. The molecule has 2 aliphatic heterocycles. The van der Waals surface area contributed by atoms with Gasteiger partial charge in [-0.15, -0.1) is 0 Å². The number of likely N-dealkylation sites (tertiary alicyclic amines) is 1. The molecule has 2 aliphatic rings. The summed E-state index contributed by atoms with van der Waals surface area (Å²) in [6, 6.07) is 8.23. The zero-order valence-corrected chi connectivity index (χ0v) is 16.9. The number of oxazole rings is 1. The maximum absolute atomic E-state index is 12.7. The Labute approximate surface area is 171 Å². The number of carbonyl (C=O) groups excluding carboxylic acids is 2. The molecule has 0 aliphatic carbocycles. The van der Waals surface area contributed by atoms with Crippen molar-refractivity contribution in [2.45, 2.75) is 38.6 Å². The molecule has 2 saturated heterocycles. The second kappa shape index (κ2) is 8.78. The predicted molar refractivity (Wildman–Crippen MR) is 109 cm³/mol. The fourth-order valence-corrected chi connectivity index (χ4v) is 4.09. The van der Waals surface area contributed by atoms with E-state index in [4.69, 9.17) is 4.42 Å². The highest BCUT2D eigenvalue weighted by Gasteiger charge is 2.31. The van der Waals surface area contributed by atoms with Gasteiger partial charge in [-0.25, -0.2) is 4.98 Å². The third-order valence-corrected chi connectivity index (χ3v) is 5.76. The first-order valence-electron chi connectivity index (χ1n) is 10.4. The molecule has 7 nitrogen and oxygen atoms in total. The van der Waals surface area contributed by atoms with Gasteiger partial charge in [0.1, 0.15) is 0 Å². The minimum absolute atomic E-state index is 0.104. The second-order valence-corrected chi connectivity index (χ2v) is 7.88. The van der Waals surface area contributed by atoms with Crippen LogP contribution in [0.15, 0.2) is 34.9 Å². The predicted octanol–water partition coefficient (Wildman–Crippen LogP) is 2.01. The van der Waals surface area contributed by atoms with Crippen LogP contribution < -0.4 is 5.32 Å². The van der Waals surface area contributed by atoms with Crippen molar-refractivity contribution in [1.82, 2.24) is 20.1 Å². The number of hydrogen-bond acceptors (Lipinski definition) is 5. The first-order chi connectivity index (χ1) is 14.1. The van der Waals surface area contributed by atoms with E-state index in [9.17, 15) is 9.59 Å². The Morgan fingerprint density at radius 3 is 2.90 bits per heavy atom. The number of rotatable bonds is 5. The topological polar surface area (TPSA) is 78.7 Å². The summed E-state index contributed by atoms with van der Waals surface area (Å²) in [6.07, 6.45) is 4.48. The van der Waals surface area contributed by atoms with Crippen LogP contribution in [-0.4, -0.2) is 65.4 Å². The number of piperazine rings is 1. The second-order valence-electron chi connectivity index (χ2n) is 7.88. The number of aromatic nitrogens is 1. The van der Waals surface area contributed by atoms with Crippen LogP contribution in [-0.2, 0) is 16.0 Å². The van der Waals surface area contributed by atoms with Crippen molar-refractivity contribution in [3.63, 3.8) is 0 Å². The molecule has 0 spiro atoms. The van der Waals surface area contributed by atoms with Gasteiger partial charge in [0.15, 0.2) is 11.7 Å². The number of hydrogen-bond donors (Lipinski definition) is 1. The smallest absolute Gasteiger partial charge is 0.236 e. The van der Waals surface area contributed by atoms with E-state index >= 15 is 0 Å². The van der Waals surface area contributed by atoms with Crippen LogP contribution in [0.1, 0.15) is 30.7 Å². The van der Waals surface area contributed by atoms with E-state index in [0.717, 1.165) is 43.8 Å². The van der Waals surface area contributed by atoms with Gasteiger partial charge >= 0.3 is 0 Å². The van der Waals surface area contributed by atoms with Crippen molar-refractivity contribution < 1.29 is 14.0 Å². The Kier molecular flexibility index (Phi) is 5.94. The van der Waals surface area contributed by atoms with Gasteiger partial charge in [0.05, 0.1) is 12.7 Å². The molecule has 1 aromatic heterocycles. The molecule has 4 rings (SSSR count). The SMILES string of the molecule is Cc1ccc(-c2cnc(CCC(=O)N3CCCC(N4CCNCC4=O)C3)o2)cc1. The lowest BCUT2D eigenvalue weighted by Crippen LogP contribution is -2.57. The number of nitrogens with one attached hydrogen (secondary N) is 1. The lowest BCUT2D eigenvalue weighted by atomic mass is 10.0. The summed E-state index contributed by atoms with van der Waals surface area (Å²) in [6.45, 7) is 5.39. The van der Waals surface area contributed by atoms with Gasteiger partial charge in [-0.3, -0.25) is 9.59 Å². The van der Waals surface area contributed by atoms with E-state index in [1.807, 2.05) is 41.0 Å². The Balaban J connectivity index is 1.31. The summed E-state index contributed by atoms with van der Waals surface area (Å²) in [5.74, 6) is 1.55. The Hall–Kier alpha value is -2.67. The van der Waals surface area contributed by atoms with Gasteiger partial charge in [0.2, 0.25) is 11.8 Å².